The van der Waals surface area contributed by atoms with E-state index >= 15 is 0 Å². The molecule has 0 aromatic heterocycles. The van der Waals surface area contributed by atoms with Crippen molar-refractivity contribution in [2.75, 3.05) is 18.0 Å². The van der Waals surface area contributed by atoms with Crippen LogP contribution in [0.2, 0.25) is 0 Å². The van der Waals surface area contributed by atoms with Crippen LogP contribution in [0.5, 0.6) is 0 Å². The number of benzene rings is 1. The Morgan fingerprint density at radius 3 is 2.95 bits per heavy atom. The Morgan fingerprint density at radius 1 is 1.43 bits per heavy atom. The largest absolute Gasteiger partial charge is 0.409 e. The lowest BCUT2D eigenvalue weighted by Gasteiger charge is -2.26. The molecule has 0 aliphatic carbocycles. The summed E-state index contributed by atoms with van der Waals surface area (Å²) in [5.41, 5.74) is 7.70. The predicted octanol–water partition coefficient (Wildman–Crippen LogP) is 3.95. The van der Waals surface area contributed by atoms with Crippen LogP contribution in [0.1, 0.15) is 44.6 Å². The Hall–Kier alpha value is -1.23. The lowest BCUT2D eigenvalue weighted by atomic mass is 9.96. The molecule has 1 aliphatic heterocycles. The van der Waals surface area contributed by atoms with Crippen molar-refractivity contribution in [2.24, 2.45) is 16.8 Å². The second-order valence-electron chi connectivity index (χ2n) is 5.69. The number of anilines is 1. The van der Waals surface area contributed by atoms with Crippen molar-refractivity contribution < 1.29 is 5.21 Å². The maximum atomic E-state index is 9.03. The molecule has 3 N–H and O–H groups in total. The van der Waals surface area contributed by atoms with Gasteiger partial charge in [0.15, 0.2) is 5.84 Å². The zero-order valence-corrected chi connectivity index (χ0v) is 14.1. The summed E-state index contributed by atoms with van der Waals surface area (Å²) >= 11 is 3.51. The molecule has 116 valence electrons. The van der Waals surface area contributed by atoms with Gasteiger partial charge < -0.3 is 15.8 Å². The van der Waals surface area contributed by atoms with Gasteiger partial charge in [0.2, 0.25) is 0 Å². The number of nitrogens with zero attached hydrogens (tertiary/aromatic N) is 2. The number of nitrogens with two attached hydrogens (primary N) is 1. The van der Waals surface area contributed by atoms with Gasteiger partial charge in [-0.3, -0.25) is 0 Å². The van der Waals surface area contributed by atoms with Gasteiger partial charge in [-0.1, -0.05) is 31.0 Å². The summed E-state index contributed by atoms with van der Waals surface area (Å²) < 4.78 is 0.865. The molecule has 1 unspecified atom stereocenters. The van der Waals surface area contributed by atoms with Crippen LogP contribution in [-0.4, -0.2) is 24.1 Å². The molecule has 0 bridgehead atoms. The monoisotopic (exact) mass is 353 g/mol. The van der Waals surface area contributed by atoms with E-state index in [0.29, 0.717) is 0 Å². The lowest BCUT2D eigenvalue weighted by molar-refractivity contribution is 0.318. The van der Waals surface area contributed by atoms with Crippen LogP contribution in [0, 0.1) is 5.92 Å². The first-order valence-electron chi connectivity index (χ1n) is 7.68. The van der Waals surface area contributed by atoms with E-state index in [1.54, 1.807) is 0 Å². The second kappa shape index (κ2) is 7.69. The molecule has 1 aliphatic rings. The molecule has 0 radical (unpaired) electrons. The third kappa shape index (κ3) is 3.90. The van der Waals surface area contributed by atoms with Crippen LogP contribution in [0.3, 0.4) is 0 Å². The SMILES string of the molecule is CCCC1CCCN(c2cccc(Br)c2/C(N)=N/O)CC1. The minimum atomic E-state index is 0.159. The van der Waals surface area contributed by atoms with E-state index in [1.807, 2.05) is 12.1 Å². The van der Waals surface area contributed by atoms with E-state index in [9.17, 15) is 0 Å². The van der Waals surface area contributed by atoms with Crippen molar-refractivity contribution in [1.82, 2.24) is 0 Å². The van der Waals surface area contributed by atoms with Crippen LogP contribution in [-0.2, 0) is 0 Å². The summed E-state index contributed by atoms with van der Waals surface area (Å²) in [5, 5.41) is 12.2. The summed E-state index contributed by atoms with van der Waals surface area (Å²) in [6.07, 6.45) is 6.30. The van der Waals surface area contributed by atoms with E-state index in [-0.39, 0.29) is 5.84 Å². The van der Waals surface area contributed by atoms with Crippen LogP contribution in [0.25, 0.3) is 0 Å². The van der Waals surface area contributed by atoms with E-state index in [1.165, 1.54) is 32.1 Å². The molecule has 1 aromatic carbocycles. The van der Waals surface area contributed by atoms with E-state index in [4.69, 9.17) is 10.9 Å². The topological polar surface area (TPSA) is 61.8 Å². The normalized spacial score (nSPS) is 20.4. The number of amidine groups is 1. The average Bonchev–Trinajstić information content (AvgIpc) is 2.72. The highest BCUT2D eigenvalue weighted by Crippen LogP contribution is 2.31. The zero-order valence-electron chi connectivity index (χ0n) is 12.6. The maximum Gasteiger partial charge on any atom is 0.173 e. The molecule has 1 fully saturated rings. The van der Waals surface area contributed by atoms with Crippen molar-refractivity contribution in [3.8, 4) is 0 Å². The number of hydrogen-bond acceptors (Lipinski definition) is 3. The van der Waals surface area contributed by atoms with E-state index in [0.717, 1.165) is 34.7 Å². The second-order valence-corrected chi connectivity index (χ2v) is 6.55. The van der Waals surface area contributed by atoms with Crippen LogP contribution in [0.4, 0.5) is 5.69 Å². The summed E-state index contributed by atoms with van der Waals surface area (Å²) in [7, 11) is 0. The van der Waals surface area contributed by atoms with Crippen molar-refractivity contribution in [3.63, 3.8) is 0 Å². The van der Waals surface area contributed by atoms with Crippen molar-refractivity contribution >= 4 is 27.5 Å². The van der Waals surface area contributed by atoms with Gasteiger partial charge >= 0.3 is 0 Å². The lowest BCUT2D eigenvalue weighted by Crippen LogP contribution is -2.28. The molecule has 4 nitrogen and oxygen atoms in total. The maximum absolute atomic E-state index is 9.03. The fraction of sp³-hybridized carbons (Fsp3) is 0.562. The molecule has 2 rings (SSSR count). The number of hydrogen-bond donors (Lipinski definition) is 2. The van der Waals surface area contributed by atoms with Gasteiger partial charge in [0, 0.05) is 23.2 Å². The smallest absolute Gasteiger partial charge is 0.173 e. The van der Waals surface area contributed by atoms with Gasteiger partial charge in [0.25, 0.3) is 0 Å². The van der Waals surface area contributed by atoms with E-state index in [2.05, 4.69) is 39.0 Å². The minimum absolute atomic E-state index is 0.159. The summed E-state index contributed by atoms with van der Waals surface area (Å²) in [6.45, 7) is 4.32. The fourth-order valence-corrected chi connectivity index (χ4v) is 3.74. The predicted molar refractivity (Wildman–Crippen MR) is 91.1 cm³/mol. The zero-order chi connectivity index (χ0) is 15.2. The molecular formula is C16H24BrN3O. The highest BCUT2D eigenvalue weighted by Gasteiger charge is 2.21. The highest BCUT2D eigenvalue weighted by atomic mass is 79.9. The number of oxime groups is 1. The Labute approximate surface area is 135 Å². The molecule has 1 aromatic rings. The van der Waals surface area contributed by atoms with Crippen molar-refractivity contribution in [2.45, 2.75) is 39.0 Å². The third-order valence-electron chi connectivity index (χ3n) is 4.24. The third-order valence-corrected chi connectivity index (χ3v) is 4.90. The molecule has 5 heteroatoms. The van der Waals surface area contributed by atoms with Crippen molar-refractivity contribution in [3.05, 3.63) is 28.2 Å². The molecule has 0 saturated carbocycles. The summed E-state index contributed by atoms with van der Waals surface area (Å²) in [4.78, 5) is 2.37. The van der Waals surface area contributed by atoms with Crippen molar-refractivity contribution in [1.29, 1.82) is 0 Å². The van der Waals surface area contributed by atoms with Crippen LogP contribution >= 0.6 is 15.9 Å². The molecule has 1 atom stereocenters. The van der Waals surface area contributed by atoms with Gasteiger partial charge in [0.1, 0.15) is 0 Å². The summed E-state index contributed by atoms with van der Waals surface area (Å²) in [6, 6.07) is 5.98. The number of halogens is 1. The van der Waals surface area contributed by atoms with Crippen LogP contribution < -0.4 is 10.6 Å². The Balaban J connectivity index is 2.24. The Morgan fingerprint density at radius 2 is 2.24 bits per heavy atom. The molecular weight excluding hydrogens is 330 g/mol. The van der Waals surface area contributed by atoms with E-state index < -0.39 is 0 Å². The average molecular weight is 354 g/mol. The Bertz CT molecular complexity index is 504. The molecule has 21 heavy (non-hydrogen) atoms. The summed E-state index contributed by atoms with van der Waals surface area (Å²) in [5.74, 6) is 0.992. The number of rotatable bonds is 4. The molecule has 0 spiro atoms. The molecule has 1 heterocycles. The molecule has 0 amide bonds. The minimum Gasteiger partial charge on any atom is -0.409 e. The fourth-order valence-electron chi connectivity index (χ4n) is 3.18. The first-order valence-corrected chi connectivity index (χ1v) is 8.48. The van der Waals surface area contributed by atoms with Gasteiger partial charge in [0.05, 0.1) is 5.56 Å². The highest BCUT2D eigenvalue weighted by molar-refractivity contribution is 9.10. The van der Waals surface area contributed by atoms with Gasteiger partial charge in [-0.05, 0) is 53.2 Å². The first-order chi connectivity index (χ1) is 10.2. The van der Waals surface area contributed by atoms with Gasteiger partial charge in [-0.15, -0.1) is 0 Å². The Kier molecular flexibility index (Phi) is 5.91. The standard InChI is InChI=1S/C16H24BrN3O/c1-2-5-12-6-4-10-20(11-9-12)14-8-3-7-13(17)15(14)16(18)19-21/h3,7-8,12,21H,2,4-6,9-11H2,1H3,(H2,18,19). The van der Waals surface area contributed by atoms with Gasteiger partial charge in [-0.25, -0.2) is 0 Å². The van der Waals surface area contributed by atoms with Gasteiger partial charge in [-0.2, -0.15) is 0 Å². The van der Waals surface area contributed by atoms with Crippen LogP contribution in [0.15, 0.2) is 27.8 Å². The molecule has 1 saturated heterocycles. The quantitative estimate of drug-likeness (QED) is 0.372. The first kappa shape index (κ1) is 16.1.